The molecule has 128 valence electrons. The molecule has 0 fully saturated rings. The van der Waals surface area contributed by atoms with Crippen LogP contribution in [0, 0.1) is 0 Å². The first-order valence-electron chi connectivity index (χ1n) is 7.64. The summed E-state index contributed by atoms with van der Waals surface area (Å²) in [4.78, 5) is 16.0. The molecule has 25 heavy (non-hydrogen) atoms. The van der Waals surface area contributed by atoms with Crippen molar-refractivity contribution >= 4 is 16.9 Å². The van der Waals surface area contributed by atoms with E-state index < -0.39 is 17.7 Å². The first-order chi connectivity index (χ1) is 11.8. The molecule has 0 spiro atoms. The molecule has 0 aliphatic carbocycles. The molecule has 1 N–H and O–H groups in total. The zero-order valence-corrected chi connectivity index (χ0v) is 13.3. The number of aryl methyl sites for hydroxylation is 1. The fraction of sp³-hybridized carbons (Fsp3) is 0.158. The molecule has 1 aromatic heterocycles. The van der Waals surface area contributed by atoms with E-state index >= 15 is 0 Å². The minimum atomic E-state index is -4.42. The van der Waals surface area contributed by atoms with Crippen LogP contribution in [0.5, 0.6) is 0 Å². The molecule has 0 radical (unpaired) electrons. The number of aromatic carboxylic acids is 1. The maximum absolute atomic E-state index is 12.7. The fourth-order valence-electron chi connectivity index (χ4n) is 2.65. The lowest BCUT2D eigenvalue weighted by Gasteiger charge is -2.10. The highest BCUT2D eigenvalue weighted by atomic mass is 19.4. The van der Waals surface area contributed by atoms with Crippen LogP contribution in [0.25, 0.3) is 22.2 Å². The highest BCUT2D eigenvalue weighted by molar-refractivity contribution is 6.04. The van der Waals surface area contributed by atoms with Gasteiger partial charge in [-0.15, -0.1) is 0 Å². The van der Waals surface area contributed by atoms with Crippen molar-refractivity contribution in [2.24, 2.45) is 0 Å². The number of halogens is 3. The number of hydrogen-bond acceptors (Lipinski definition) is 2. The topological polar surface area (TPSA) is 50.2 Å². The molecular formula is C19H14F3NO2. The van der Waals surface area contributed by atoms with Crippen molar-refractivity contribution in [3.63, 3.8) is 0 Å². The molecule has 0 aliphatic rings. The number of carboxylic acid groups (broad SMARTS) is 1. The van der Waals surface area contributed by atoms with Gasteiger partial charge in [0.05, 0.1) is 22.3 Å². The zero-order chi connectivity index (χ0) is 18.2. The number of fused-ring (bicyclic) bond motifs is 1. The predicted octanol–water partition coefficient (Wildman–Crippen LogP) is 5.18. The summed E-state index contributed by atoms with van der Waals surface area (Å²) in [7, 11) is 0. The molecule has 1 heterocycles. The number of carbonyl (C=O) groups is 1. The normalized spacial score (nSPS) is 11.7. The first-order valence-corrected chi connectivity index (χ1v) is 7.64. The van der Waals surface area contributed by atoms with E-state index in [0.717, 1.165) is 24.1 Å². The van der Waals surface area contributed by atoms with Crippen molar-refractivity contribution in [3.8, 4) is 11.3 Å². The molecule has 0 saturated heterocycles. The molecule has 2 aromatic carbocycles. The number of carboxylic acids is 1. The van der Waals surface area contributed by atoms with Crippen molar-refractivity contribution in [3.05, 3.63) is 65.2 Å². The Morgan fingerprint density at radius 2 is 1.76 bits per heavy atom. The minimum Gasteiger partial charge on any atom is -0.478 e. The number of aromatic nitrogens is 1. The van der Waals surface area contributed by atoms with E-state index in [1.54, 1.807) is 12.1 Å². The Kier molecular flexibility index (Phi) is 4.20. The van der Waals surface area contributed by atoms with E-state index in [1.165, 1.54) is 18.2 Å². The van der Waals surface area contributed by atoms with Gasteiger partial charge in [-0.3, -0.25) is 0 Å². The quantitative estimate of drug-likeness (QED) is 0.711. The Morgan fingerprint density at radius 1 is 1.08 bits per heavy atom. The fourth-order valence-corrected chi connectivity index (χ4v) is 2.65. The molecule has 3 rings (SSSR count). The van der Waals surface area contributed by atoms with Gasteiger partial charge in [-0.1, -0.05) is 25.1 Å². The lowest BCUT2D eigenvalue weighted by Crippen LogP contribution is -2.04. The van der Waals surface area contributed by atoms with Gasteiger partial charge in [-0.05, 0) is 42.3 Å². The summed E-state index contributed by atoms with van der Waals surface area (Å²) in [6.07, 6.45) is -3.66. The molecule has 0 amide bonds. The highest BCUT2D eigenvalue weighted by Gasteiger charge is 2.30. The van der Waals surface area contributed by atoms with Gasteiger partial charge < -0.3 is 5.11 Å². The molecular weight excluding hydrogens is 331 g/mol. The van der Waals surface area contributed by atoms with E-state index in [2.05, 4.69) is 4.98 Å². The van der Waals surface area contributed by atoms with Crippen molar-refractivity contribution in [2.75, 3.05) is 0 Å². The summed E-state index contributed by atoms with van der Waals surface area (Å²) >= 11 is 0. The average molecular weight is 345 g/mol. The van der Waals surface area contributed by atoms with Gasteiger partial charge in [0.2, 0.25) is 0 Å². The van der Waals surface area contributed by atoms with Crippen LogP contribution in [0.1, 0.15) is 28.4 Å². The van der Waals surface area contributed by atoms with E-state index in [-0.39, 0.29) is 5.56 Å². The number of nitrogens with zero attached hydrogens (tertiary/aromatic N) is 1. The number of benzene rings is 2. The maximum Gasteiger partial charge on any atom is 0.416 e. The van der Waals surface area contributed by atoms with Gasteiger partial charge in [0.1, 0.15) is 0 Å². The molecule has 0 unspecified atom stereocenters. The van der Waals surface area contributed by atoms with Gasteiger partial charge in [0.15, 0.2) is 0 Å². The average Bonchev–Trinajstić information content (AvgIpc) is 2.59. The largest absolute Gasteiger partial charge is 0.478 e. The van der Waals surface area contributed by atoms with Gasteiger partial charge in [0.25, 0.3) is 0 Å². The third-order valence-electron chi connectivity index (χ3n) is 4.02. The lowest BCUT2D eigenvalue weighted by molar-refractivity contribution is -0.137. The smallest absolute Gasteiger partial charge is 0.416 e. The number of rotatable bonds is 3. The van der Waals surface area contributed by atoms with Crippen LogP contribution in [0.15, 0.2) is 48.5 Å². The zero-order valence-electron chi connectivity index (χ0n) is 13.3. The third-order valence-corrected chi connectivity index (χ3v) is 4.02. The number of hydrogen-bond donors (Lipinski definition) is 1. The van der Waals surface area contributed by atoms with Crippen molar-refractivity contribution in [1.82, 2.24) is 4.98 Å². The van der Waals surface area contributed by atoms with E-state index in [1.807, 2.05) is 13.0 Å². The van der Waals surface area contributed by atoms with Crippen LogP contribution < -0.4 is 0 Å². The first kappa shape index (κ1) is 17.0. The molecule has 0 aliphatic heterocycles. The second-order valence-electron chi connectivity index (χ2n) is 5.64. The highest BCUT2D eigenvalue weighted by Crippen LogP contribution is 2.31. The lowest BCUT2D eigenvalue weighted by atomic mass is 10.0. The maximum atomic E-state index is 12.7. The van der Waals surface area contributed by atoms with Crippen molar-refractivity contribution < 1.29 is 23.1 Å². The van der Waals surface area contributed by atoms with E-state index in [0.29, 0.717) is 22.2 Å². The summed E-state index contributed by atoms with van der Waals surface area (Å²) in [5.41, 5.74) is 1.55. The van der Waals surface area contributed by atoms with Crippen LogP contribution in [-0.2, 0) is 12.6 Å². The van der Waals surface area contributed by atoms with E-state index in [4.69, 9.17) is 0 Å². The number of alkyl halides is 3. The molecule has 3 aromatic rings. The van der Waals surface area contributed by atoms with Crippen LogP contribution >= 0.6 is 0 Å². The van der Waals surface area contributed by atoms with Crippen molar-refractivity contribution in [2.45, 2.75) is 19.5 Å². The Hall–Kier alpha value is -2.89. The Morgan fingerprint density at radius 3 is 2.32 bits per heavy atom. The molecule has 0 bridgehead atoms. The summed E-state index contributed by atoms with van der Waals surface area (Å²) in [6.45, 7) is 1.96. The Balaban J connectivity index is 2.15. The van der Waals surface area contributed by atoms with Crippen LogP contribution in [-0.4, -0.2) is 16.1 Å². The molecule has 6 heteroatoms. The minimum absolute atomic E-state index is 0.0789. The standard InChI is InChI=1S/C19H14F3NO2/c1-2-11-3-8-16-14(9-11)15(18(24)25)10-17(23-16)12-4-6-13(7-5-12)19(20,21)22/h3-10H,2H2,1H3,(H,24,25). The van der Waals surface area contributed by atoms with Crippen molar-refractivity contribution in [1.29, 1.82) is 0 Å². The van der Waals surface area contributed by atoms with Gasteiger partial charge in [-0.2, -0.15) is 13.2 Å². The molecule has 0 atom stereocenters. The molecule has 0 saturated carbocycles. The summed E-state index contributed by atoms with van der Waals surface area (Å²) in [5, 5.41) is 10.0. The van der Waals surface area contributed by atoms with E-state index in [9.17, 15) is 23.1 Å². The number of pyridine rings is 1. The third kappa shape index (κ3) is 3.33. The molecule has 3 nitrogen and oxygen atoms in total. The summed E-state index contributed by atoms with van der Waals surface area (Å²) in [5.74, 6) is -1.10. The Bertz CT molecular complexity index is 947. The van der Waals surface area contributed by atoms with Gasteiger partial charge >= 0.3 is 12.1 Å². The van der Waals surface area contributed by atoms with Crippen LogP contribution in [0.3, 0.4) is 0 Å². The van der Waals surface area contributed by atoms with Crippen LogP contribution in [0.2, 0.25) is 0 Å². The second-order valence-corrected chi connectivity index (χ2v) is 5.64. The van der Waals surface area contributed by atoms with Crippen LogP contribution in [0.4, 0.5) is 13.2 Å². The van der Waals surface area contributed by atoms with Gasteiger partial charge in [0, 0.05) is 10.9 Å². The SMILES string of the molecule is CCc1ccc2nc(-c3ccc(C(F)(F)F)cc3)cc(C(=O)O)c2c1. The summed E-state index contributed by atoms with van der Waals surface area (Å²) in [6, 6.07) is 11.3. The monoisotopic (exact) mass is 345 g/mol. The van der Waals surface area contributed by atoms with Gasteiger partial charge in [-0.25, -0.2) is 9.78 Å². The second kappa shape index (κ2) is 6.20. The predicted molar refractivity (Wildman–Crippen MR) is 88.5 cm³/mol. The summed E-state index contributed by atoms with van der Waals surface area (Å²) < 4.78 is 38.0. The Labute approximate surface area is 141 Å².